The molecule has 0 radical (unpaired) electrons. The highest BCUT2D eigenvalue weighted by molar-refractivity contribution is 5.89. The maximum Gasteiger partial charge on any atom is 0.285 e. The number of nitrogens with zero attached hydrogens (tertiary/aromatic N) is 8. The number of amides is 1. The SMILES string of the molecule is CNc1nc(N[C@@H]2CCN(C(C)=O)CC2(F)F)nn2ccc(-c3ccc4nnn(CC(F)F)c4n3)c12. The minimum absolute atomic E-state index is 0.0161. The van der Waals surface area contributed by atoms with Crippen LogP contribution in [-0.2, 0) is 11.3 Å². The van der Waals surface area contributed by atoms with Crippen LogP contribution in [0.4, 0.5) is 29.3 Å². The number of rotatable bonds is 6. The first-order valence-corrected chi connectivity index (χ1v) is 11.1. The molecule has 5 heterocycles. The number of likely N-dealkylation sites (tertiary alicyclic amines) is 1. The number of hydrogen-bond donors (Lipinski definition) is 2. The summed E-state index contributed by atoms with van der Waals surface area (Å²) in [6, 6.07) is 3.76. The van der Waals surface area contributed by atoms with Crippen molar-refractivity contribution < 1.29 is 22.4 Å². The van der Waals surface area contributed by atoms with Gasteiger partial charge in [0.2, 0.25) is 11.9 Å². The van der Waals surface area contributed by atoms with Gasteiger partial charge in [0.05, 0.1) is 18.3 Å². The fourth-order valence-corrected chi connectivity index (χ4v) is 4.27. The fourth-order valence-electron chi connectivity index (χ4n) is 4.27. The number of nitrogens with one attached hydrogen (secondary N) is 2. The quantitative estimate of drug-likeness (QED) is 0.383. The van der Waals surface area contributed by atoms with E-state index in [2.05, 4.69) is 36.0 Å². The van der Waals surface area contributed by atoms with Gasteiger partial charge in [0, 0.05) is 32.3 Å². The Balaban J connectivity index is 1.48. The second kappa shape index (κ2) is 8.87. The number of carbonyl (C=O) groups is 1. The van der Waals surface area contributed by atoms with Gasteiger partial charge in [0.25, 0.3) is 12.3 Å². The average molecular weight is 506 g/mol. The molecule has 4 aromatic rings. The molecule has 1 aliphatic heterocycles. The molecule has 190 valence electrons. The lowest BCUT2D eigenvalue weighted by Gasteiger charge is -2.38. The summed E-state index contributed by atoms with van der Waals surface area (Å²) in [6.45, 7) is 0.140. The van der Waals surface area contributed by atoms with Gasteiger partial charge in [-0.1, -0.05) is 5.21 Å². The van der Waals surface area contributed by atoms with Crippen molar-refractivity contribution >= 4 is 34.4 Å². The van der Waals surface area contributed by atoms with Crippen molar-refractivity contribution in [3.8, 4) is 11.3 Å². The number of piperidine rings is 1. The Bertz CT molecular complexity index is 1440. The van der Waals surface area contributed by atoms with E-state index in [0.29, 0.717) is 28.1 Å². The Hall–Kier alpha value is -4.04. The van der Waals surface area contributed by atoms with Crippen LogP contribution in [0.1, 0.15) is 13.3 Å². The van der Waals surface area contributed by atoms with Gasteiger partial charge in [-0.05, 0) is 24.6 Å². The molecule has 0 aromatic carbocycles. The van der Waals surface area contributed by atoms with Crippen molar-refractivity contribution in [1.29, 1.82) is 0 Å². The van der Waals surface area contributed by atoms with Crippen LogP contribution in [0.5, 0.6) is 0 Å². The smallest absolute Gasteiger partial charge is 0.285 e. The Morgan fingerprint density at radius 3 is 2.75 bits per heavy atom. The molecule has 5 rings (SSSR count). The van der Waals surface area contributed by atoms with Crippen LogP contribution in [0.15, 0.2) is 24.4 Å². The lowest BCUT2D eigenvalue weighted by Crippen LogP contribution is -2.55. The standard InChI is InChI=1S/C21H22F4N10O/c1-11(36)33-7-6-15(21(24,25)10-33)28-20-29-18(26-2)17-12(5-8-34(17)31-20)13-3-4-14-19(27-13)35(32-30-14)9-16(22)23/h3-5,8,15-16H,6-7,9-10H2,1-2H3,(H2,26,28,29,31)/t15-/m1/s1. The van der Waals surface area contributed by atoms with Gasteiger partial charge in [0.1, 0.15) is 17.6 Å². The van der Waals surface area contributed by atoms with E-state index >= 15 is 0 Å². The van der Waals surface area contributed by atoms with Crippen LogP contribution in [0.3, 0.4) is 0 Å². The molecule has 1 fully saturated rings. The van der Waals surface area contributed by atoms with Gasteiger partial charge in [-0.3, -0.25) is 4.79 Å². The maximum atomic E-state index is 14.7. The number of fused-ring (bicyclic) bond motifs is 2. The number of carbonyl (C=O) groups excluding carboxylic acids is 1. The average Bonchev–Trinajstić information content (AvgIpc) is 3.43. The molecular formula is C21H22F4N10O. The van der Waals surface area contributed by atoms with Gasteiger partial charge >= 0.3 is 0 Å². The Kier molecular flexibility index (Phi) is 5.84. The predicted octanol–water partition coefficient (Wildman–Crippen LogP) is 2.51. The number of alkyl halides is 4. The number of anilines is 2. The zero-order valence-corrected chi connectivity index (χ0v) is 19.3. The van der Waals surface area contributed by atoms with E-state index in [1.807, 2.05) is 0 Å². The molecule has 1 saturated heterocycles. The first kappa shape index (κ1) is 23.7. The van der Waals surface area contributed by atoms with Crippen LogP contribution in [0, 0.1) is 0 Å². The molecule has 0 bridgehead atoms. The van der Waals surface area contributed by atoms with E-state index in [-0.39, 0.29) is 24.6 Å². The molecule has 0 spiro atoms. The lowest BCUT2D eigenvalue weighted by molar-refractivity contribution is -0.140. The van der Waals surface area contributed by atoms with Gasteiger partial charge < -0.3 is 15.5 Å². The molecule has 4 aromatic heterocycles. The van der Waals surface area contributed by atoms with Gasteiger partial charge in [-0.2, -0.15) is 4.98 Å². The summed E-state index contributed by atoms with van der Waals surface area (Å²) in [4.78, 5) is 21.5. The van der Waals surface area contributed by atoms with Crippen molar-refractivity contribution in [2.45, 2.75) is 38.3 Å². The van der Waals surface area contributed by atoms with Crippen molar-refractivity contribution in [2.24, 2.45) is 0 Å². The molecule has 36 heavy (non-hydrogen) atoms. The molecule has 1 amide bonds. The molecule has 2 N–H and O–H groups in total. The van der Waals surface area contributed by atoms with E-state index in [0.717, 1.165) is 9.58 Å². The van der Waals surface area contributed by atoms with Gasteiger partial charge in [-0.25, -0.2) is 31.7 Å². The van der Waals surface area contributed by atoms with Gasteiger partial charge in [0.15, 0.2) is 11.5 Å². The highest BCUT2D eigenvalue weighted by atomic mass is 19.3. The third kappa shape index (κ3) is 4.24. The summed E-state index contributed by atoms with van der Waals surface area (Å²) >= 11 is 0. The summed E-state index contributed by atoms with van der Waals surface area (Å²) in [5, 5.41) is 17.6. The Morgan fingerprint density at radius 1 is 1.25 bits per heavy atom. The summed E-state index contributed by atoms with van der Waals surface area (Å²) < 4.78 is 57.7. The number of pyridine rings is 1. The lowest BCUT2D eigenvalue weighted by atomic mass is 10.0. The van der Waals surface area contributed by atoms with E-state index < -0.39 is 37.4 Å². The Morgan fingerprint density at radius 2 is 2.06 bits per heavy atom. The van der Waals surface area contributed by atoms with Crippen LogP contribution in [-0.4, -0.2) is 83.9 Å². The van der Waals surface area contributed by atoms with Crippen molar-refractivity contribution in [3.05, 3.63) is 24.4 Å². The van der Waals surface area contributed by atoms with Crippen LogP contribution in [0.25, 0.3) is 27.9 Å². The van der Waals surface area contributed by atoms with Crippen LogP contribution < -0.4 is 10.6 Å². The molecule has 0 aliphatic carbocycles. The first-order chi connectivity index (χ1) is 17.2. The van der Waals surface area contributed by atoms with Crippen molar-refractivity contribution in [1.82, 2.24) is 39.5 Å². The monoisotopic (exact) mass is 506 g/mol. The zero-order chi connectivity index (χ0) is 25.6. The molecule has 15 heteroatoms. The third-order valence-electron chi connectivity index (χ3n) is 6.04. The first-order valence-electron chi connectivity index (χ1n) is 11.1. The van der Waals surface area contributed by atoms with Gasteiger partial charge in [-0.15, -0.1) is 10.2 Å². The van der Waals surface area contributed by atoms with Crippen molar-refractivity contribution in [2.75, 3.05) is 30.8 Å². The summed E-state index contributed by atoms with van der Waals surface area (Å²) in [7, 11) is 1.63. The highest BCUT2D eigenvalue weighted by Crippen LogP contribution is 2.32. The summed E-state index contributed by atoms with van der Waals surface area (Å²) in [5.41, 5.74) is 2.14. The zero-order valence-electron chi connectivity index (χ0n) is 19.3. The van der Waals surface area contributed by atoms with Crippen molar-refractivity contribution in [3.63, 3.8) is 0 Å². The maximum absolute atomic E-state index is 14.7. The summed E-state index contributed by atoms with van der Waals surface area (Å²) in [5.74, 6) is -3.24. The highest BCUT2D eigenvalue weighted by Gasteiger charge is 2.45. The van der Waals surface area contributed by atoms with Crippen LogP contribution >= 0.6 is 0 Å². The third-order valence-corrected chi connectivity index (χ3v) is 6.04. The fraction of sp³-hybridized carbons (Fsp3) is 0.429. The van der Waals surface area contributed by atoms with E-state index in [1.54, 1.807) is 31.4 Å². The number of halogens is 4. The second-order valence-electron chi connectivity index (χ2n) is 8.45. The van der Waals surface area contributed by atoms with E-state index in [4.69, 9.17) is 0 Å². The molecular weight excluding hydrogens is 484 g/mol. The number of hydrogen-bond acceptors (Lipinski definition) is 8. The second-order valence-corrected chi connectivity index (χ2v) is 8.45. The minimum atomic E-state index is -3.17. The molecule has 1 atom stereocenters. The molecule has 11 nitrogen and oxygen atoms in total. The largest absolute Gasteiger partial charge is 0.371 e. The van der Waals surface area contributed by atoms with E-state index in [1.165, 1.54) is 11.4 Å². The molecule has 0 saturated carbocycles. The summed E-state index contributed by atoms with van der Waals surface area (Å²) in [6.07, 6.45) is -0.965. The topological polar surface area (TPSA) is 118 Å². The predicted molar refractivity (Wildman–Crippen MR) is 122 cm³/mol. The number of aromatic nitrogens is 7. The van der Waals surface area contributed by atoms with Crippen LogP contribution in [0.2, 0.25) is 0 Å². The molecule has 1 aliphatic rings. The van der Waals surface area contributed by atoms with E-state index in [9.17, 15) is 22.4 Å². The molecule has 0 unspecified atom stereocenters. The minimum Gasteiger partial charge on any atom is -0.371 e. The Labute approximate surface area is 201 Å². The normalized spacial score (nSPS) is 17.8.